The molecule has 2 aromatic carbocycles. The highest BCUT2D eigenvalue weighted by atomic mass is 32.1. The van der Waals surface area contributed by atoms with E-state index >= 15 is 0 Å². The minimum absolute atomic E-state index is 0.237. The van der Waals surface area contributed by atoms with E-state index in [-0.39, 0.29) is 11.6 Å². The van der Waals surface area contributed by atoms with Crippen molar-refractivity contribution in [3.63, 3.8) is 0 Å². The Balaban J connectivity index is 1.18. The number of H-pyrrole nitrogens is 1. The molecule has 4 aromatic rings. The maximum Gasteiger partial charge on any atom is 0.347 e. The number of likely N-dealkylation sites (tertiary alicyclic amines) is 1. The van der Waals surface area contributed by atoms with Crippen LogP contribution in [0.2, 0.25) is 0 Å². The number of amides is 1. The summed E-state index contributed by atoms with van der Waals surface area (Å²) in [5.41, 5.74) is 4.86. The molecular weight excluding hydrogens is 458 g/mol. The molecule has 0 spiro atoms. The minimum atomic E-state index is -0.237. The van der Waals surface area contributed by atoms with Gasteiger partial charge in [-0.1, -0.05) is 36.4 Å². The highest BCUT2D eigenvalue weighted by Crippen LogP contribution is 2.33. The number of aryl methyl sites for hydroxylation is 1. The lowest BCUT2D eigenvalue weighted by molar-refractivity contribution is -0.131. The second-order valence-electron chi connectivity index (χ2n) is 9.57. The molecule has 0 radical (unpaired) electrons. The van der Waals surface area contributed by atoms with Crippen molar-refractivity contribution in [2.45, 2.75) is 32.6 Å². The van der Waals surface area contributed by atoms with Crippen molar-refractivity contribution in [2.24, 2.45) is 11.8 Å². The molecule has 1 aliphatic carbocycles. The van der Waals surface area contributed by atoms with Gasteiger partial charge in [0.25, 0.3) is 0 Å². The van der Waals surface area contributed by atoms with Crippen molar-refractivity contribution in [1.82, 2.24) is 24.6 Å². The van der Waals surface area contributed by atoms with Crippen LogP contribution in [0.15, 0.2) is 58.7 Å². The summed E-state index contributed by atoms with van der Waals surface area (Å²) >= 11 is 1.65. The van der Waals surface area contributed by atoms with E-state index in [1.165, 1.54) is 0 Å². The van der Waals surface area contributed by atoms with Crippen molar-refractivity contribution in [3.05, 3.63) is 75.2 Å². The Bertz CT molecular complexity index is 1410. The van der Waals surface area contributed by atoms with Crippen LogP contribution < -0.4 is 5.69 Å². The molecule has 6 rings (SSSR count). The molecule has 35 heavy (non-hydrogen) atoms. The third kappa shape index (κ3) is 4.46. The molecule has 0 unspecified atom stereocenters. The Labute approximate surface area is 207 Å². The average molecular weight is 486 g/mol. The van der Waals surface area contributed by atoms with Gasteiger partial charge >= 0.3 is 5.69 Å². The van der Waals surface area contributed by atoms with Crippen molar-refractivity contribution in [1.29, 1.82) is 0 Å². The molecule has 2 fully saturated rings. The number of hydrogen-bond donors (Lipinski definition) is 1. The van der Waals surface area contributed by atoms with Crippen LogP contribution >= 0.6 is 11.3 Å². The Hall–Kier alpha value is -3.52. The van der Waals surface area contributed by atoms with Crippen LogP contribution in [0, 0.1) is 18.8 Å². The van der Waals surface area contributed by atoms with Crippen LogP contribution in [0.25, 0.3) is 28.1 Å². The van der Waals surface area contributed by atoms with Gasteiger partial charge in [0.2, 0.25) is 5.91 Å². The smallest absolute Gasteiger partial charge is 0.342 e. The maximum atomic E-state index is 12.6. The molecule has 1 saturated carbocycles. The van der Waals surface area contributed by atoms with Crippen molar-refractivity contribution < 1.29 is 4.79 Å². The zero-order valence-electron chi connectivity index (χ0n) is 19.6. The van der Waals surface area contributed by atoms with Gasteiger partial charge < -0.3 is 4.90 Å². The van der Waals surface area contributed by atoms with Gasteiger partial charge in [0.05, 0.1) is 16.4 Å². The molecule has 7 nitrogen and oxygen atoms in total. The number of nitrogens with one attached hydrogen (secondary N) is 1. The lowest BCUT2D eigenvalue weighted by Crippen LogP contribution is -2.30. The first-order chi connectivity index (χ1) is 17.0. The summed E-state index contributed by atoms with van der Waals surface area (Å²) in [6.07, 6.45) is 3.69. The van der Waals surface area contributed by atoms with E-state index < -0.39 is 0 Å². The van der Waals surface area contributed by atoms with Crippen LogP contribution in [0.4, 0.5) is 0 Å². The zero-order valence-corrected chi connectivity index (χ0v) is 20.4. The SMILES string of the molecule is Cc1nc(-c2ccc(-c3ccc(-n4c(C[C@@H]5CCN(C(=O)C6CC6)C5)n[nH]c4=O)cc3)cc2)cs1. The maximum absolute atomic E-state index is 12.6. The fourth-order valence-electron chi connectivity index (χ4n) is 4.91. The van der Waals surface area contributed by atoms with Crippen LogP contribution in [0.3, 0.4) is 0 Å². The molecule has 1 atom stereocenters. The number of thiazole rings is 1. The number of hydrogen-bond acceptors (Lipinski definition) is 5. The Morgan fingerprint density at radius 3 is 2.37 bits per heavy atom. The summed E-state index contributed by atoms with van der Waals surface area (Å²) in [6, 6.07) is 16.4. The van der Waals surface area contributed by atoms with E-state index in [4.69, 9.17) is 0 Å². The number of benzene rings is 2. The topological polar surface area (TPSA) is 83.9 Å². The predicted molar refractivity (Wildman–Crippen MR) is 137 cm³/mol. The number of aromatic nitrogens is 4. The predicted octanol–water partition coefficient (Wildman–Crippen LogP) is 4.46. The Kier molecular flexibility index (Phi) is 5.60. The number of carbonyl (C=O) groups is 1. The second kappa shape index (κ2) is 8.92. The highest BCUT2D eigenvalue weighted by molar-refractivity contribution is 7.09. The average Bonchev–Trinajstić information content (AvgIpc) is 3.29. The summed E-state index contributed by atoms with van der Waals surface area (Å²) in [7, 11) is 0. The van der Waals surface area contributed by atoms with Gasteiger partial charge in [-0.05, 0) is 55.4 Å². The van der Waals surface area contributed by atoms with Gasteiger partial charge in [0, 0.05) is 36.4 Å². The number of rotatable bonds is 6. The lowest BCUT2D eigenvalue weighted by Gasteiger charge is -2.16. The Morgan fingerprint density at radius 2 is 1.71 bits per heavy atom. The molecule has 0 bridgehead atoms. The van der Waals surface area contributed by atoms with E-state index in [0.717, 1.165) is 71.3 Å². The summed E-state index contributed by atoms with van der Waals surface area (Å²) in [6.45, 7) is 3.58. The monoisotopic (exact) mass is 485 g/mol. The van der Waals surface area contributed by atoms with Crippen LogP contribution in [0.5, 0.6) is 0 Å². The molecule has 2 aromatic heterocycles. The van der Waals surface area contributed by atoms with E-state index in [9.17, 15) is 9.59 Å². The molecule has 178 valence electrons. The minimum Gasteiger partial charge on any atom is -0.342 e. The number of carbonyl (C=O) groups excluding carboxylic acids is 1. The number of aromatic amines is 1. The zero-order chi connectivity index (χ0) is 23.9. The molecule has 1 N–H and O–H groups in total. The van der Waals surface area contributed by atoms with Crippen molar-refractivity contribution in [2.75, 3.05) is 13.1 Å². The first-order valence-corrected chi connectivity index (χ1v) is 13.0. The third-order valence-electron chi connectivity index (χ3n) is 7.00. The van der Waals surface area contributed by atoms with Gasteiger partial charge in [0.1, 0.15) is 5.82 Å². The highest BCUT2D eigenvalue weighted by Gasteiger charge is 2.36. The van der Waals surface area contributed by atoms with Gasteiger partial charge in [-0.15, -0.1) is 11.3 Å². The molecule has 1 saturated heterocycles. The molecule has 1 aliphatic heterocycles. The van der Waals surface area contributed by atoms with Gasteiger partial charge in [-0.2, -0.15) is 5.10 Å². The van der Waals surface area contributed by atoms with Crippen LogP contribution in [0.1, 0.15) is 30.1 Å². The normalized spacial score (nSPS) is 17.7. The third-order valence-corrected chi connectivity index (χ3v) is 7.77. The quantitative estimate of drug-likeness (QED) is 0.437. The van der Waals surface area contributed by atoms with Crippen molar-refractivity contribution in [3.8, 4) is 28.1 Å². The fourth-order valence-corrected chi connectivity index (χ4v) is 5.53. The molecule has 1 amide bonds. The van der Waals surface area contributed by atoms with Gasteiger partial charge in [0.15, 0.2) is 0 Å². The first kappa shape index (κ1) is 22.0. The fraction of sp³-hybridized carbons (Fsp3) is 0.333. The van der Waals surface area contributed by atoms with Crippen LogP contribution in [-0.2, 0) is 11.2 Å². The largest absolute Gasteiger partial charge is 0.347 e. The summed E-state index contributed by atoms with van der Waals surface area (Å²) < 4.78 is 1.66. The lowest BCUT2D eigenvalue weighted by atomic mass is 10.0. The van der Waals surface area contributed by atoms with E-state index in [1.807, 2.05) is 36.1 Å². The van der Waals surface area contributed by atoms with Crippen LogP contribution in [-0.4, -0.2) is 43.6 Å². The summed E-state index contributed by atoms with van der Waals surface area (Å²) in [5.74, 6) is 1.60. The second-order valence-corrected chi connectivity index (χ2v) is 10.6. The summed E-state index contributed by atoms with van der Waals surface area (Å²) in [5, 5.41) is 10.1. The summed E-state index contributed by atoms with van der Waals surface area (Å²) in [4.78, 5) is 31.5. The van der Waals surface area contributed by atoms with Crippen molar-refractivity contribution >= 4 is 17.2 Å². The first-order valence-electron chi connectivity index (χ1n) is 12.1. The molecule has 2 aliphatic rings. The molecule has 3 heterocycles. The van der Waals surface area contributed by atoms with E-state index in [2.05, 4.69) is 44.8 Å². The van der Waals surface area contributed by atoms with Gasteiger partial charge in [-0.25, -0.2) is 19.4 Å². The van der Waals surface area contributed by atoms with E-state index in [1.54, 1.807) is 15.9 Å². The Morgan fingerprint density at radius 1 is 1.03 bits per heavy atom. The molecule has 8 heteroatoms. The standard InChI is InChI=1S/C27H27N5O2S/c1-17-28-24(16-35-17)21-4-2-19(3-5-21)20-8-10-23(11-9-20)32-25(29-30-27(32)34)14-18-12-13-31(15-18)26(33)22-6-7-22/h2-5,8-11,16,18,22H,6-7,12-15H2,1H3,(H,30,34)/t18-/m0/s1. The molecular formula is C27H27N5O2S. The van der Waals surface area contributed by atoms with Gasteiger partial charge in [-0.3, -0.25) is 4.79 Å². The van der Waals surface area contributed by atoms with E-state index in [0.29, 0.717) is 18.2 Å². The number of nitrogens with zero attached hydrogens (tertiary/aromatic N) is 4.